The normalized spacial score (nSPS) is 9.83. The first-order chi connectivity index (χ1) is 5.83. The summed E-state index contributed by atoms with van der Waals surface area (Å²) in [6, 6.07) is 9.02. The van der Waals surface area contributed by atoms with E-state index in [-0.39, 0.29) is 0 Å². The lowest BCUT2D eigenvalue weighted by Gasteiger charge is -2.03. The zero-order valence-corrected chi connectivity index (χ0v) is 7.76. The summed E-state index contributed by atoms with van der Waals surface area (Å²) in [5.41, 5.74) is 1.22. The lowest BCUT2D eigenvalue weighted by Crippen LogP contribution is -1.95. The van der Waals surface area contributed by atoms with Crippen molar-refractivity contribution in [3.05, 3.63) is 29.8 Å². The van der Waals surface area contributed by atoms with Gasteiger partial charge in [0, 0.05) is 6.07 Å². The predicted molar refractivity (Wildman–Crippen MR) is 50.4 cm³/mol. The second-order valence-corrected chi connectivity index (χ2v) is 2.93. The van der Waals surface area contributed by atoms with Gasteiger partial charge >= 0.3 is 0 Å². The maximum atomic E-state index is 5.45. The Morgan fingerprint density at radius 2 is 2.25 bits per heavy atom. The van der Waals surface area contributed by atoms with Crippen LogP contribution in [0.15, 0.2) is 18.2 Å². The number of hydrogen-bond acceptors (Lipinski definition) is 1. The molecule has 0 heterocycles. The third-order valence-electron chi connectivity index (χ3n) is 1.70. The Labute approximate surface area is 74.4 Å². The molecule has 1 aromatic carbocycles. The van der Waals surface area contributed by atoms with E-state index in [1.165, 1.54) is 12.0 Å². The number of benzene rings is 1. The average molecular weight is 163 g/mol. The Hall–Kier alpha value is -0.980. The van der Waals surface area contributed by atoms with E-state index >= 15 is 0 Å². The van der Waals surface area contributed by atoms with Crippen LogP contribution in [-0.2, 0) is 0 Å². The van der Waals surface area contributed by atoms with E-state index in [2.05, 4.69) is 13.0 Å². The molecule has 1 radical (unpaired) electrons. The minimum Gasteiger partial charge on any atom is -0.493 e. The van der Waals surface area contributed by atoms with Crippen LogP contribution in [0.4, 0.5) is 0 Å². The van der Waals surface area contributed by atoms with Crippen LogP contribution in [0, 0.1) is 13.0 Å². The molecule has 0 saturated heterocycles. The number of aryl methyl sites for hydroxylation is 1. The van der Waals surface area contributed by atoms with Crippen molar-refractivity contribution >= 4 is 0 Å². The minimum atomic E-state index is 0.802. The zero-order valence-electron chi connectivity index (χ0n) is 7.76. The summed E-state index contributed by atoms with van der Waals surface area (Å²) in [6.45, 7) is 5.00. The zero-order chi connectivity index (χ0) is 8.81. The molecule has 1 heteroatoms. The molecule has 0 aromatic heterocycles. The fourth-order valence-corrected chi connectivity index (χ4v) is 0.905. The molecule has 0 aliphatic carbocycles. The monoisotopic (exact) mass is 163 g/mol. The van der Waals surface area contributed by atoms with Crippen LogP contribution in [-0.4, -0.2) is 6.61 Å². The topological polar surface area (TPSA) is 9.23 Å². The minimum absolute atomic E-state index is 0.802. The smallest absolute Gasteiger partial charge is 0.127 e. The van der Waals surface area contributed by atoms with Crippen molar-refractivity contribution in [3.8, 4) is 5.75 Å². The summed E-state index contributed by atoms with van der Waals surface area (Å²) < 4.78 is 5.45. The molecule has 0 amide bonds. The highest BCUT2D eigenvalue weighted by Crippen LogP contribution is 2.10. The lowest BCUT2D eigenvalue weighted by atomic mass is 10.2. The molecule has 65 valence electrons. The summed E-state index contributed by atoms with van der Waals surface area (Å²) >= 11 is 0. The Balaban J connectivity index is 2.37. The predicted octanol–water partition coefficient (Wildman–Crippen LogP) is 2.97. The fourth-order valence-electron chi connectivity index (χ4n) is 0.905. The first-order valence-electron chi connectivity index (χ1n) is 4.44. The molecule has 0 aliphatic heterocycles. The average Bonchev–Trinajstić information content (AvgIpc) is 2.09. The van der Waals surface area contributed by atoms with E-state index in [1.807, 2.05) is 25.1 Å². The maximum absolute atomic E-state index is 5.45. The summed E-state index contributed by atoms with van der Waals surface area (Å²) in [4.78, 5) is 0. The molecule has 0 aliphatic rings. The highest BCUT2D eigenvalue weighted by atomic mass is 16.5. The molecular formula is C11H15O. The van der Waals surface area contributed by atoms with Gasteiger partial charge in [0.25, 0.3) is 0 Å². The van der Waals surface area contributed by atoms with Gasteiger partial charge in [-0.05, 0) is 25.5 Å². The van der Waals surface area contributed by atoms with Crippen molar-refractivity contribution in [2.75, 3.05) is 6.61 Å². The highest BCUT2D eigenvalue weighted by Gasteiger charge is 1.91. The summed E-state index contributed by atoms with van der Waals surface area (Å²) in [5, 5.41) is 0. The van der Waals surface area contributed by atoms with Crippen LogP contribution in [0.3, 0.4) is 0 Å². The molecule has 1 aromatic rings. The third kappa shape index (κ3) is 2.95. The molecule has 0 atom stereocenters. The van der Waals surface area contributed by atoms with Crippen molar-refractivity contribution in [1.29, 1.82) is 0 Å². The molecular weight excluding hydrogens is 148 g/mol. The highest BCUT2D eigenvalue weighted by molar-refractivity contribution is 5.24. The fraction of sp³-hybridized carbons (Fsp3) is 0.455. The van der Waals surface area contributed by atoms with Crippen molar-refractivity contribution < 1.29 is 4.74 Å². The van der Waals surface area contributed by atoms with Crippen LogP contribution in [0.2, 0.25) is 0 Å². The SMILES string of the molecule is CCCCOc1[c]cc(C)cc1. The molecule has 0 saturated carbocycles. The van der Waals surface area contributed by atoms with Crippen molar-refractivity contribution in [3.63, 3.8) is 0 Å². The van der Waals surface area contributed by atoms with Crippen LogP contribution < -0.4 is 4.74 Å². The molecule has 0 spiro atoms. The van der Waals surface area contributed by atoms with Gasteiger partial charge in [0.1, 0.15) is 5.75 Å². The van der Waals surface area contributed by atoms with E-state index in [1.54, 1.807) is 0 Å². The Morgan fingerprint density at radius 1 is 1.42 bits per heavy atom. The summed E-state index contributed by atoms with van der Waals surface area (Å²) in [5.74, 6) is 0.856. The summed E-state index contributed by atoms with van der Waals surface area (Å²) in [6.07, 6.45) is 2.29. The van der Waals surface area contributed by atoms with Crippen molar-refractivity contribution in [2.24, 2.45) is 0 Å². The largest absolute Gasteiger partial charge is 0.493 e. The quantitative estimate of drug-likeness (QED) is 0.620. The van der Waals surface area contributed by atoms with E-state index in [0.717, 1.165) is 18.8 Å². The van der Waals surface area contributed by atoms with E-state index in [4.69, 9.17) is 4.74 Å². The van der Waals surface area contributed by atoms with Gasteiger partial charge in [-0.3, -0.25) is 0 Å². The molecule has 0 unspecified atom stereocenters. The van der Waals surface area contributed by atoms with E-state index < -0.39 is 0 Å². The number of unbranched alkanes of at least 4 members (excludes halogenated alkanes) is 1. The lowest BCUT2D eigenvalue weighted by molar-refractivity contribution is 0.308. The van der Waals surface area contributed by atoms with Crippen LogP contribution in [0.25, 0.3) is 0 Å². The van der Waals surface area contributed by atoms with E-state index in [9.17, 15) is 0 Å². The van der Waals surface area contributed by atoms with Gasteiger partial charge < -0.3 is 4.74 Å². The second kappa shape index (κ2) is 4.81. The van der Waals surface area contributed by atoms with Gasteiger partial charge in [0.05, 0.1) is 6.61 Å². The van der Waals surface area contributed by atoms with Crippen LogP contribution in [0.5, 0.6) is 5.75 Å². The van der Waals surface area contributed by atoms with Gasteiger partial charge in [-0.15, -0.1) is 0 Å². The first-order valence-corrected chi connectivity index (χ1v) is 4.44. The number of hydrogen-bond donors (Lipinski definition) is 0. The molecule has 12 heavy (non-hydrogen) atoms. The van der Waals surface area contributed by atoms with E-state index in [0.29, 0.717) is 0 Å². The Morgan fingerprint density at radius 3 is 2.83 bits per heavy atom. The number of rotatable bonds is 4. The Bertz CT molecular complexity index is 213. The third-order valence-corrected chi connectivity index (χ3v) is 1.70. The summed E-state index contributed by atoms with van der Waals surface area (Å²) in [7, 11) is 0. The van der Waals surface area contributed by atoms with Gasteiger partial charge in [0.2, 0.25) is 0 Å². The Kier molecular flexibility index (Phi) is 3.65. The second-order valence-electron chi connectivity index (χ2n) is 2.93. The van der Waals surface area contributed by atoms with Crippen molar-refractivity contribution in [2.45, 2.75) is 26.7 Å². The van der Waals surface area contributed by atoms with Gasteiger partial charge in [-0.2, -0.15) is 0 Å². The molecule has 1 nitrogen and oxygen atoms in total. The standard InChI is InChI=1S/C11H15O/c1-3-4-9-12-11-7-5-10(2)6-8-11/h5-7H,3-4,9H2,1-2H3. The van der Waals surface area contributed by atoms with Gasteiger partial charge in [0.15, 0.2) is 0 Å². The first kappa shape index (κ1) is 9.11. The number of ether oxygens (including phenoxy) is 1. The molecule has 0 N–H and O–H groups in total. The van der Waals surface area contributed by atoms with Crippen LogP contribution in [0.1, 0.15) is 25.3 Å². The molecule has 0 fully saturated rings. The molecule has 1 rings (SSSR count). The van der Waals surface area contributed by atoms with Crippen LogP contribution >= 0.6 is 0 Å². The molecule has 0 bridgehead atoms. The van der Waals surface area contributed by atoms with Crippen molar-refractivity contribution in [1.82, 2.24) is 0 Å². The van der Waals surface area contributed by atoms with Gasteiger partial charge in [-0.1, -0.05) is 25.0 Å². The van der Waals surface area contributed by atoms with Gasteiger partial charge in [-0.25, -0.2) is 0 Å². The maximum Gasteiger partial charge on any atom is 0.127 e.